The topological polar surface area (TPSA) is 0 Å². The van der Waals surface area contributed by atoms with Crippen LogP contribution in [0.5, 0.6) is 0 Å². The van der Waals surface area contributed by atoms with Gasteiger partial charge in [0.15, 0.2) is 0 Å². The number of thioether (sulfide) groups is 1. The molecule has 0 aliphatic carbocycles. The Hall–Kier alpha value is -0.990. The molecule has 0 aliphatic heterocycles. The molecule has 0 fully saturated rings. The molecule has 0 saturated carbocycles. The second-order valence-electron chi connectivity index (χ2n) is 2.75. The van der Waals surface area contributed by atoms with Gasteiger partial charge in [0.2, 0.25) is 0 Å². The Morgan fingerprint density at radius 3 is 2.57 bits per heavy atom. The maximum atomic E-state index is 2.14. The van der Waals surface area contributed by atoms with Crippen LogP contribution in [0.25, 0.3) is 6.08 Å². The molecule has 0 nitrogen and oxygen atoms in total. The fourth-order valence-corrected chi connectivity index (χ4v) is 2.46. The van der Waals surface area contributed by atoms with Gasteiger partial charge in [0, 0.05) is 9.77 Å². The average Bonchev–Trinajstić information content (AvgIpc) is 2.72. The Morgan fingerprint density at radius 2 is 1.86 bits per heavy atom. The molecule has 0 radical (unpaired) electrons. The Kier molecular flexibility index (Phi) is 3.44. The molecule has 2 aromatic rings. The molecular weight excluding hydrogens is 208 g/mol. The molecule has 0 spiro atoms. The molecule has 1 aromatic heterocycles. The van der Waals surface area contributed by atoms with Crippen molar-refractivity contribution in [1.29, 1.82) is 0 Å². The third-order valence-corrected chi connectivity index (χ3v) is 3.38. The summed E-state index contributed by atoms with van der Waals surface area (Å²) in [4.78, 5) is 2.58. The maximum Gasteiger partial charge on any atom is 0.0275 e. The van der Waals surface area contributed by atoms with E-state index in [-0.39, 0.29) is 0 Å². The first-order valence-electron chi connectivity index (χ1n) is 4.37. The van der Waals surface area contributed by atoms with Crippen LogP contribution >= 0.6 is 23.1 Å². The largest absolute Gasteiger partial charge is 0.144 e. The van der Waals surface area contributed by atoms with E-state index in [2.05, 4.69) is 53.3 Å². The van der Waals surface area contributed by atoms with Gasteiger partial charge in [0.25, 0.3) is 0 Å². The second-order valence-corrected chi connectivity index (χ2v) is 4.71. The predicted octanol–water partition coefficient (Wildman–Crippen LogP) is 4.51. The second kappa shape index (κ2) is 5.03. The summed E-state index contributed by atoms with van der Waals surface area (Å²) in [6.07, 6.45) is 2.14. The van der Waals surface area contributed by atoms with Gasteiger partial charge < -0.3 is 0 Å². The van der Waals surface area contributed by atoms with Gasteiger partial charge >= 0.3 is 0 Å². The van der Waals surface area contributed by atoms with E-state index in [1.54, 1.807) is 23.1 Å². The summed E-state index contributed by atoms with van der Waals surface area (Å²) in [5.41, 5.74) is 0. The van der Waals surface area contributed by atoms with Crippen molar-refractivity contribution in [1.82, 2.24) is 0 Å². The molecule has 2 rings (SSSR count). The van der Waals surface area contributed by atoms with Crippen LogP contribution in [0.2, 0.25) is 0 Å². The van der Waals surface area contributed by atoms with Crippen LogP contribution in [0.1, 0.15) is 4.88 Å². The Balaban J connectivity index is 1.95. The van der Waals surface area contributed by atoms with Crippen molar-refractivity contribution >= 4 is 29.2 Å². The first-order valence-corrected chi connectivity index (χ1v) is 6.13. The molecule has 0 aliphatic rings. The smallest absolute Gasteiger partial charge is 0.0275 e. The Bertz CT molecular complexity index is 388. The highest BCUT2D eigenvalue weighted by Gasteiger charge is 1.88. The van der Waals surface area contributed by atoms with Gasteiger partial charge in [-0.25, -0.2) is 0 Å². The molecule has 0 amide bonds. The molecule has 0 saturated heterocycles. The van der Waals surface area contributed by atoms with Crippen LogP contribution in [-0.4, -0.2) is 0 Å². The molecular formula is C12H10S2. The highest BCUT2D eigenvalue weighted by molar-refractivity contribution is 8.02. The minimum atomic E-state index is 1.28. The molecule has 70 valence electrons. The normalized spacial score (nSPS) is 10.9. The minimum Gasteiger partial charge on any atom is -0.144 e. The van der Waals surface area contributed by atoms with E-state index in [4.69, 9.17) is 0 Å². The van der Waals surface area contributed by atoms with Gasteiger partial charge in [0.05, 0.1) is 0 Å². The van der Waals surface area contributed by atoms with Crippen molar-refractivity contribution in [2.45, 2.75) is 4.90 Å². The lowest BCUT2D eigenvalue weighted by molar-refractivity contribution is 1.47. The number of benzene rings is 1. The monoisotopic (exact) mass is 218 g/mol. The van der Waals surface area contributed by atoms with Crippen LogP contribution in [0, 0.1) is 0 Å². The molecule has 1 heterocycles. The van der Waals surface area contributed by atoms with Gasteiger partial charge in [-0.15, -0.1) is 11.3 Å². The molecule has 14 heavy (non-hydrogen) atoms. The third-order valence-electron chi connectivity index (χ3n) is 1.72. The van der Waals surface area contributed by atoms with E-state index in [0.29, 0.717) is 0 Å². The highest BCUT2D eigenvalue weighted by atomic mass is 32.2. The van der Waals surface area contributed by atoms with Crippen LogP contribution in [0.15, 0.2) is 58.1 Å². The van der Waals surface area contributed by atoms with Crippen molar-refractivity contribution in [3.8, 4) is 0 Å². The first-order chi connectivity index (χ1) is 6.95. The predicted molar refractivity (Wildman–Crippen MR) is 65.7 cm³/mol. The molecule has 0 N–H and O–H groups in total. The van der Waals surface area contributed by atoms with Crippen molar-refractivity contribution in [3.05, 3.63) is 58.1 Å². The van der Waals surface area contributed by atoms with Gasteiger partial charge in [-0.1, -0.05) is 36.0 Å². The zero-order valence-corrected chi connectivity index (χ0v) is 9.22. The summed E-state index contributed by atoms with van der Waals surface area (Å²) in [5.74, 6) is 0. The van der Waals surface area contributed by atoms with Gasteiger partial charge in [-0.3, -0.25) is 0 Å². The quantitative estimate of drug-likeness (QED) is 0.683. The van der Waals surface area contributed by atoms with Crippen molar-refractivity contribution in [2.24, 2.45) is 0 Å². The van der Waals surface area contributed by atoms with E-state index < -0.39 is 0 Å². The van der Waals surface area contributed by atoms with Gasteiger partial charge in [-0.2, -0.15) is 0 Å². The fraction of sp³-hybridized carbons (Fsp3) is 0. The number of hydrogen-bond donors (Lipinski definition) is 0. The van der Waals surface area contributed by atoms with Crippen molar-refractivity contribution < 1.29 is 0 Å². The van der Waals surface area contributed by atoms with E-state index in [1.165, 1.54) is 9.77 Å². The summed E-state index contributed by atoms with van der Waals surface area (Å²) in [6, 6.07) is 14.6. The van der Waals surface area contributed by atoms with Crippen LogP contribution in [0.3, 0.4) is 0 Å². The minimum absolute atomic E-state index is 1.28. The lowest BCUT2D eigenvalue weighted by atomic mass is 10.4. The number of thiophene rings is 1. The Morgan fingerprint density at radius 1 is 1.00 bits per heavy atom. The molecule has 0 unspecified atom stereocenters. The van der Waals surface area contributed by atoms with E-state index in [1.807, 2.05) is 6.07 Å². The fourth-order valence-electron chi connectivity index (χ4n) is 1.06. The summed E-state index contributed by atoms with van der Waals surface area (Å²) in [5, 5.41) is 4.22. The zero-order valence-electron chi connectivity index (χ0n) is 7.59. The molecule has 0 bridgehead atoms. The zero-order chi connectivity index (χ0) is 9.64. The molecule has 2 heteroatoms. The van der Waals surface area contributed by atoms with Crippen molar-refractivity contribution in [2.75, 3.05) is 0 Å². The third kappa shape index (κ3) is 2.76. The van der Waals surface area contributed by atoms with Gasteiger partial charge in [0.1, 0.15) is 0 Å². The summed E-state index contributed by atoms with van der Waals surface area (Å²) < 4.78 is 0. The van der Waals surface area contributed by atoms with E-state index >= 15 is 0 Å². The van der Waals surface area contributed by atoms with Gasteiger partial charge in [-0.05, 0) is 35.1 Å². The number of rotatable bonds is 3. The molecule has 0 atom stereocenters. The summed E-state index contributed by atoms with van der Waals surface area (Å²) in [6.45, 7) is 0. The van der Waals surface area contributed by atoms with Crippen LogP contribution in [0.4, 0.5) is 0 Å². The lowest BCUT2D eigenvalue weighted by Gasteiger charge is -1.92. The van der Waals surface area contributed by atoms with E-state index in [9.17, 15) is 0 Å². The van der Waals surface area contributed by atoms with Crippen molar-refractivity contribution in [3.63, 3.8) is 0 Å². The maximum absolute atomic E-state index is 2.14. The van der Waals surface area contributed by atoms with Crippen LogP contribution in [-0.2, 0) is 0 Å². The summed E-state index contributed by atoms with van der Waals surface area (Å²) >= 11 is 3.50. The van der Waals surface area contributed by atoms with Crippen LogP contribution < -0.4 is 0 Å². The summed E-state index contributed by atoms with van der Waals surface area (Å²) in [7, 11) is 0. The standard InChI is InChI=1S/C12H10S2/c1-2-5-11(6-3-1)14-10-8-12-7-4-9-13-12/h1-10H. The lowest BCUT2D eigenvalue weighted by Crippen LogP contribution is -1.64. The first kappa shape index (κ1) is 9.56. The highest BCUT2D eigenvalue weighted by Crippen LogP contribution is 2.20. The average molecular weight is 218 g/mol. The molecule has 1 aromatic carbocycles. The van der Waals surface area contributed by atoms with E-state index in [0.717, 1.165) is 0 Å². The SMILES string of the molecule is C(=Cc1cccs1)Sc1ccccc1. The Labute approximate surface area is 92.3 Å². The number of hydrogen-bond acceptors (Lipinski definition) is 2.